The van der Waals surface area contributed by atoms with Crippen LogP contribution >= 0.6 is 0 Å². The van der Waals surface area contributed by atoms with Crippen LogP contribution in [0.4, 0.5) is 0 Å². The molecule has 0 aliphatic carbocycles. The van der Waals surface area contributed by atoms with Gasteiger partial charge < -0.3 is 10.1 Å². The Morgan fingerprint density at radius 3 is 2.65 bits per heavy atom. The first-order chi connectivity index (χ1) is 9.58. The topological polar surface area (TPSA) is 49.9 Å². The summed E-state index contributed by atoms with van der Waals surface area (Å²) in [6, 6.07) is 8.41. The average Bonchev–Trinajstić information content (AvgIpc) is 2.81. The number of aromatic nitrogens is 2. The van der Waals surface area contributed by atoms with Crippen LogP contribution in [0.2, 0.25) is 0 Å². The van der Waals surface area contributed by atoms with Crippen molar-refractivity contribution < 1.29 is 4.74 Å². The molecule has 0 spiro atoms. The number of para-hydroxylation sites is 1. The Morgan fingerprint density at radius 2 is 2.00 bits per heavy atom. The third-order valence-corrected chi connectivity index (χ3v) is 3.28. The largest absolute Gasteiger partial charge is 0.491 e. The summed E-state index contributed by atoms with van der Waals surface area (Å²) in [7, 11) is 0. The summed E-state index contributed by atoms with van der Waals surface area (Å²) in [5.74, 6) is 0.950. The highest BCUT2D eigenvalue weighted by Crippen LogP contribution is 2.26. The predicted molar refractivity (Wildman–Crippen MR) is 80.8 cm³/mol. The van der Waals surface area contributed by atoms with Crippen molar-refractivity contribution in [1.29, 1.82) is 0 Å². The molecule has 0 aliphatic heterocycles. The third-order valence-electron chi connectivity index (χ3n) is 3.28. The lowest BCUT2D eigenvalue weighted by Gasteiger charge is -2.19. The number of hydrogen-bond acceptors (Lipinski definition) is 3. The van der Waals surface area contributed by atoms with Crippen LogP contribution in [0.15, 0.2) is 30.5 Å². The molecule has 108 valence electrons. The molecule has 2 N–H and O–H groups in total. The average molecular weight is 273 g/mol. The molecule has 1 aromatic carbocycles. The van der Waals surface area contributed by atoms with Crippen molar-refractivity contribution >= 4 is 0 Å². The fourth-order valence-electron chi connectivity index (χ4n) is 2.13. The number of H-pyrrole nitrogens is 1. The Labute approximate surface area is 120 Å². The second kappa shape index (κ2) is 6.57. The molecule has 20 heavy (non-hydrogen) atoms. The van der Waals surface area contributed by atoms with Crippen molar-refractivity contribution in [2.45, 2.75) is 46.4 Å². The minimum absolute atomic E-state index is 0.180. The Kier molecular flexibility index (Phi) is 4.79. The van der Waals surface area contributed by atoms with Gasteiger partial charge in [-0.25, -0.2) is 0 Å². The van der Waals surface area contributed by atoms with Crippen LogP contribution in [0.5, 0.6) is 5.75 Å². The number of aryl methyl sites for hydroxylation is 1. The molecule has 1 heterocycles. The number of nitrogens with zero attached hydrogens (tertiary/aromatic N) is 1. The Hall–Kier alpha value is -1.81. The number of aromatic amines is 1. The molecule has 1 atom stereocenters. The molecule has 0 fully saturated rings. The molecular weight excluding hydrogens is 250 g/mol. The highest BCUT2D eigenvalue weighted by molar-refractivity contribution is 5.35. The molecule has 0 radical (unpaired) electrons. The van der Waals surface area contributed by atoms with Gasteiger partial charge in [-0.15, -0.1) is 0 Å². The van der Waals surface area contributed by atoms with E-state index in [1.165, 1.54) is 11.1 Å². The van der Waals surface area contributed by atoms with Crippen molar-refractivity contribution in [3.05, 3.63) is 47.3 Å². The molecule has 0 saturated carbocycles. The fraction of sp³-hybridized carbons (Fsp3) is 0.438. The molecular formula is C16H23N3O. The summed E-state index contributed by atoms with van der Waals surface area (Å²) in [5, 5.41) is 10.5. The zero-order chi connectivity index (χ0) is 14.5. The zero-order valence-corrected chi connectivity index (χ0v) is 12.6. The molecule has 2 aromatic rings. The second-order valence-electron chi connectivity index (χ2n) is 5.33. The first-order valence-corrected chi connectivity index (χ1v) is 7.05. The maximum absolute atomic E-state index is 5.87. The molecule has 0 bridgehead atoms. The lowest BCUT2D eigenvalue weighted by atomic mass is 10.1. The standard InChI is InChI=1S/C16H23N3O/c1-11(2)20-16-8-6-5-7-15(16)13(4)17-9-14-10-18-19-12(14)3/h5-8,10-11,13,17H,9H2,1-4H3,(H,18,19). The molecule has 4 heteroatoms. The highest BCUT2D eigenvalue weighted by Gasteiger charge is 2.12. The van der Waals surface area contributed by atoms with Crippen LogP contribution in [0.3, 0.4) is 0 Å². The number of benzene rings is 1. The first-order valence-electron chi connectivity index (χ1n) is 7.05. The fourth-order valence-corrected chi connectivity index (χ4v) is 2.13. The van der Waals surface area contributed by atoms with Crippen LogP contribution < -0.4 is 10.1 Å². The van der Waals surface area contributed by atoms with Crippen LogP contribution in [-0.4, -0.2) is 16.3 Å². The van der Waals surface area contributed by atoms with Gasteiger partial charge in [0, 0.05) is 29.4 Å². The maximum Gasteiger partial charge on any atom is 0.124 e. The van der Waals surface area contributed by atoms with Gasteiger partial charge in [-0.3, -0.25) is 5.10 Å². The Bertz CT molecular complexity index is 548. The summed E-state index contributed by atoms with van der Waals surface area (Å²) in [6.45, 7) is 9.06. The van der Waals surface area contributed by atoms with E-state index in [4.69, 9.17) is 4.74 Å². The van der Waals surface area contributed by atoms with E-state index in [1.54, 1.807) is 0 Å². The van der Waals surface area contributed by atoms with Gasteiger partial charge in [-0.05, 0) is 33.8 Å². The van der Waals surface area contributed by atoms with Crippen molar-refractivity contribution in [2.24, 2.45) is 0 Å². The SMILES string of the molecule is Cc1[nH]ncc1CNC(C)c1ccccc1OC(C)C. The molecule has 2 rings (SSSR count). The minimum Gasteiger partial charge on any atom is -0.491 e. The molecule has 4 nitrogen and oxygen atoms in total. The van der Waals surface area contributed by atoms with Gasteiger partial charge in [0.25, 0.3) is 0 Å². The van der Waals surface area contributed by atoms with Crippen LogP contribution in [-0.2, 0) is 6.54 Å². The Balaban J connectivity index is 2.05. The first kappa shape index (κ1) is 14.6. The molecule has 1 aromatic heterocycles. The van der Waals surface area contributed by atoms with Crippen LogP contribution in [0.1, 0.15) is 43.6 Å². The van der Waals surface area contributed by atoms with E-state index in [9.17, 15) is 0 Å². The number of nitrogens with one attached hydrogen (secondary N) is 2. The van der Waals surface area contributed by atoms with Gasteiger partial charge in [0.05, 0.1) is 12.3 Å². The molecule has 0 aliphatic rings. The third kappa shape index (κ3) is 3.61. The van der Waals surface area contributed by atoms with Crippen molar-refractivity contribution in [2.75, 3.05) is 0 Å². The van der Waals surface area contributed by atoms with Crippen LogP contribution in [0, 0.1) is 6.92 Å². The van der Waals surface area contributed by atoms with Crippen molar-refractivity contribution in [1.82, 2.24) is 15.5 Å². The smallest absolute Gasteiger partial charge is 0.124 e. The predicted octanol–water partition coefficient (Wildman–Crippen LogP) is 3.36. The monoisotopic (exact) mass is 273 g/mol. The van der Waals surface area contributed by atoms with E-state index in [2.05, 4.69) is 28.5 Å². The Morgan fingerprint density at radius 1 is 1.25 bits per heavy atom. The molecule has 0 saturated heterocycles. The second-order valence-corrected chi connectivity index (χ2v) is 5.33. The molecule has 1 unspecified atom stereocenters. The minimum atomic E-state index is 0.180. The van der Waals surface area contributed by atoms with E-state index in [0.717, 1.165) is 18.0 Å². The van der Waals surface area contributed by atoms with Gasteiger partial charge in [0.15, 0.2) is 0 Å². The number of hydrogen-bond donors (Lipinski definition) is 2. The van der Waals surface area contributed by atoms with Crippen molar-refractivity contribution in [3.8, 4) is 5.75 Å². The van der Waals surface area contributed by atoms with Gasteiger partial charge >= 0.3 is 0 Å². The summed E-state index contributed by atoms with van der Waals surface area (Å²) in [6.07, 6.45) is 2.05. The summed E-state index contributed by atoms with van der Waals surface area (Å²) >= 11 is 0. The maximum atomic E-state index is 5.87. The normalized spacial score (nSPS) is 12.7. The van der Waals surface area contributed by atoms with Gasteiger partial charge in [-0.1, -0.05) is 18.2 Å². The number of rotatable bonds is 6. The van der Waals surface area contributed by atoms with Gasteiger partial charge in [-0.2, -0.15) is 5.10 Å². The lowest BCUT2D eigenvalue weighted by Crippen LogP contribution is -2.19. The summed E-state index contributed by atoms with van der Waals surface area (Å²) in [4.78, 5) is 0. The van der Waals surface area contributed by atoms with E-state index in [-0.39, 0.29) is 12.1 Å². The molecule has 0 amide bonds. The highest BCUT2D eigenvalue weighted by atomic mass is 16.5. The van der Waals surface area contributed by atoms with E-state index in [1.807, 2.05) is 45.2 Å². The van der Waals surface area contributed by atoms with Gasteiger partial charge in [0.2, 0.25) is 0 Å². The quantitative estimate of drug-likeness (QED) is 0.848. The number of ether oxygens (including phenoxy) is 1. The van der Waals surface area contributed by atoms with Crippen LogP contribution in [0.25, 0.3) is 0 Å². The van der Waals surface area contributed by atoms with E-state index < -0.39 is 0 Å². The summed E-state index contributed by atoms with van der Waals surface area (Å²) in [5.41, 5.74) is 3.48. The lowest BCUT2D eigenvalue weighted by molar-refractivity contribution is 0.238. The van der Waals surface area contributed by atoms with E-state index in [0.29, 0.717) is 0 Å². The zero-order valence-electron chi connectivity index (χ0n) is 12.6. The van der Waals surface area contributed by atoms with E-state index >= 15 is 0 Å². The van der Waals surface area contributed by atoms with Crippen molar-refractivity contribution in [3.63, 3.8) is 0 Å². The summed E-state index contributed by atoms with van der Waals surface area (Å²) < 4.78 is 5.87. The van der Waals surface area contributed by atoms with Gasteiger partial charge in [0.1, 0.15) is 5.75 Å².